The zero-order chi connectivity index (χ0) is 18.5. The Kier molecular flexibility index (Phi) is 6.03. The Hall–Kier alpha value is -2.22. The zero-order valence-electron chi connectivity index (χ0n) is 14.8. The number of hydrogen-bond acceptors (Lipinski definition) is 6. The molecular formula is C18H23N3O4S. The summed E-state index contributed by atoms with van der Waals surface area (Å²) in [5, 5.41) is 6.82. The maximum absolute atomic E-state index is 12.1. The van der Waals surface area contributed by atoms with E-state index in [-0.39, 0.29) is 0 Å². The number of methoxy groups -OCH3 is 1. The summed E-state index contributed by atoms with van der Waals surface area (Å²) in [6, 6.07) is 0. The zero-order valence-corrected chi connectivity index (χ0v) is 15.6. The van der Waals surface area contributed by atoms with Crippen molar-refractivity contribution in [3.8, 4) is 0 Å². The monoisotopic (exact) mass is 377 g/mol. The van der Waals surface area contributed by atoms with Gasteiger partial charge in [0.25, 0.3) is 0 Å². The van der Waals surface area contributed by atoms with Crippen molar-refractivity contribution in [2.75, 3.05) is 12.4 Å². The molecule has 0 saturated heterocycles. The normalized spacial score (nSPS) is 17.1. The Morgan fingerprint density at radius 3 is 2.62 bits per heavy atom. The number of nitrogens with zero attached hydrogens (tertiary/aromatic N) is 1. The van der Waals surface area contributed by atoms with Crippen molar-refractivity contribution >= 4 is 40.3 Å². The smallest absolute Gasteiger partial charge is 0.341 e. The topological polar surface area (TPSA) is 96.9 Å². The van der Waals surface area contributed by atoms with Gasteiger partial charge < -0.3 is 10.1 Å². The van der Waals surface area contributed by atoms with Gasteiger partial charge >= 0.3 is 17.8 Å². The maximum atomic E-state index is 12.1. The molecule has 2 aliphatic carbocycles. The second-order valence-corrected chi connectivity index (χ2v) is 7.73. The van der Waals surface area contributed by atoms with E-state index in [4.69, 9.17) is 4.74 Å². The number of carbonyl (C=O) groups excluding carboxylic acids is 3. The molecule has 0 radical (unpaired) electrons. The van der Waals surface area contributed by atoms with E-state index in [0.29, 0.717) is 16.5 Å². The van der Waals surface area contributed by atoms with Crippen LogP contribution in [0.3, 0.4) is 0 Å². The molecule has 2 amide bonds. The van der Waals surface area contributed by atoms with E-state index in [9.17, 15) is 14.4 Å². The largest absolute Gasteiger partial charge is 0.465 e. The van der Waals surface area contributed by atoms with Crippen molar-refractivity contribution in [3.05, 3.63) is 16.0 Å². The lowest BCUT2D eigenvalue weighted by Gasteiger charge is -2.16. The van der Waals surface area contributed by atoms with Crippen molar-refractivity contribution < 1.29 is 19.1 Å². The van der Waals surface area contributed by atoms with E-state index in [1.165, 1.54) is 37.7 Å². The summed E-state index contributed by atoms with van der Waals surface area (Å²) in [6.45, 7) is 0. The van der Waals surface area contributed by atoms with Crippen LogP contribution in [0.15, 0.2) is 5.10 Å². The first-order chi connectivity index (χ1) is 12.6. The third kappa shape index (κ3) is 4.12. The Labute approximate surface area is 156 Å². The number of hydrazone groups is 1. The molecule has 0 spiro atoms. The number of hydrogen-bond donors (Lipinski definition) is 2. The van der Waals surface area contributed by atoms with Crippen LogP contribution >= 0.6 is 11.3 Å². The molecule has 7 nitrogen and oxygen atoms in total. The SMILES string of the molecule is COC(=O)c1c(NC(=O)C(=O)NN=CC2CCCCC2)sc2c1CCC2. The predicted octanol–water partition coefficient (Wildman–Crippen LogP) is 2.64. The molecule has 3 rings (SSSR count). The number of ether oxygens (including phenoxy) is 1. The highest BCUT2D eigenvalue weighted by atomic mass is 32.1. The van der Waals surface area contributed by atoms with Crippen molar-refractivity contribution in [3.63, 3.8) is 0 Å². The minimum Gasteiger partial charge on any atom is -0.465 e. The Morgan fingerprint density at radius 1 is 1.12 bits per heavy atom. The molecule has 1 aromatic rings. The molecular weight excluding hydrogens is 354 g/mol. The molecule has 0 bridgehead atoms. The summed E-state index contributed by atoms with van der Waals surface area (Å²) in [5.41, 5.74) is 3.57. The molecule has 1 fully saturated rings. The molecule has 2 aliphatic rings. The van der Waals surface area contributed by atoms with Gasteiger partial charge in [0.05, 0.1) is 12.7 Å². The number of rotatable bonds is 4. The van der Waals surface area contributed by atoms with Gasteiger partial charge in [0, 0.05) is 11.1 Å². The van der Waals surface area contributed by atoms with Gasteiger partial charge in [-0.05, 0) is 43.6 Å². The van der Waals surface area contributed by atoms with Gasteiger partial charge in [-0.25, -0.2) is 10.2 Å². The van der Waals surface area contributed by atoms with Crippen LogP contribution in [-0.2, 0) is 27.2 Å². The molecule has 1 saturated carbocycles. The minimum atomic E-state index is -0.846. The molecule has 8 heteroatoms. The number of nitrogens with one attached hydrogen (secondary N) is 2. The quantitative estimate of drug-likeness (QED) is 0.365. The van der Waals surface area contributed by atoms with Crippen molar-refractivity contribution in [1.82, 2.24) is 5.43 Å². The Morgan fingerprint density at radius 2 is 1.88 bits per heavy atom. The summed E-state index contributed by atoms with van der Waals surface area (Å²) in [7, 11) is 1.31. The van der Waals surface area contributed by atoms with Crippen molar-refractivity contribution in [1.29, 1.82) is 0 Å². The molecule has 0 aromatic carbocycles. The second kappa shape index (κ2) is 8.44. The number of thiophene rings is 1. The molecule has 1 aromatic heterocycles. The minimum absolute atomic E-state index is 0.360. The first-order valence-electron chi connectivity index (χ1n) is 8.97. The van der Waals surface area contributed by atoms with Gasteiger partial charge in [0.1, 0.15) is 5.00 Å². The summed E-state index contributed by atoms with van der Waals surface area (Å²) in [5.74, 6) is -1.81. The fourth-order valence-electron chi connectivity index (χ4n) is 3.51. The predicted molar refractivity (Wildman–Crippen MR) is 99.5 cm³/mol. The van der Waals surface area contributed by atoms with E-state index in [0.717, 1.165) is 42.5 Å². The van der Waals surface area contributed by atoms with Gasteiger partial charge in [-0.15, -0.1) is 11.3 Å². The molecule has 26 heavy (non-hydrogen) atoms. The van der Waals surface area contributed by atoms with Crippen LogP contribution in [0, 0.1) is 5.92 Å². The fourth-order valence-corrected chi connectivity index (χ4v) is 4.78. The lowest BCUT2D eigenvalue weighted by Crippen LogP contribution is -2.32. The fraction of sp³-hybridized carbons (Fsp3) is 0.556. The van der Waals surface area contributed by atoms with Crippen LogP contribution in [0.5, 0.6) is 0 Å². The van der Waals surface area contributed by atoms with E-state index >= 15 is 0 Å². The maximum Gasteiger partial charge on any atom is 0.341 e. The van der Waals surface area contributed by atoms with Crippen LogP contribution in [0.2, 0.25) is 0 Å². The summed E-state index contributed by atoms with van der Waals surface area (Å²) < 4.78 is 4.83. The Bertz CT molecular complexity index is 735. The van der Waals surface area contributed by atoms with Gasteiger partial charge in [-0.3, -0.25) is 9.59 Å². The number of aryl methyl sites for hydroxylation is 1. The van der Waals surface area contributed by atoms with Crippen LogP contribution in [0.25, 0.3) is 0 Å². The summed E-state index contributed by atoms with van der Waals surface area (Å²) >= 11 is 1.33. The Balaban J connectivity index is 1.61. The molecule has 140 valence electrons. The van der Waals surface area contributed by atoms with Crippen LogP contribution in [0.4, 0.5) is 5.00 Å². The van der Waals surface area contributed by atoms with E-state index in [1.54, 1.807) is 6.21 Å². The molecule has 0 aliphatic heterocycles. The van der Waals surface area contributed by atoms with E-state index in [2.05, 4.69) is 15.8 Å². The van der Waals surface area contributed by atoms with Gasteiger partial charge in [-0.1, -0.05) is 19.3 Å². The molecule has 0 unspecified atom stereocenters. The van der Waals surface area contributed by atoms with Gasteiger partial charge in [0.15, 0.2) is 0 Å². The van der Waals surface area contributed by atoms with E-state index < -0.39 is 17.8 Å². The first-order valence-corrected chi connectivity index (χ1v) is 9.79. The number of carbonyl (C=O) groups is 3. The first kappa shape index (κ1) is 18.6. The standard InChI is InChI=1S/C18H23N3O4S/c1-25-18(24)14-12-8-5-9-13(12)26-17(14)20-15(22)16(23)21-19-10-11-6-3-2-4-7-11/h10-11H,2-9H2,1H3,(H,20,22)(H,21,23). The highest BCUT2D eigenvalue weighted by molar-refractivity contribution is 7.17. The number of esters is 1. The van der Waals surface area contributed by atoms with Crippen LogP contribution in [-0.4, -0.2) is 31.1 Å². The van der Waals surface area contributed by atoms with E-state index in [1.807, 2.05) is 0 Å². The third-order valence-corrected chi connectivity index (χ3v) is 6.05. The summed E-state index contributed by atoms with van der Waals surface area (Å²) in [6.07, 6.45) is 10.1. The van der Waals surface area contributed by atoms with Crippen molar-refractivity contribution in [2.24, 2.45) is 11.0 Å². The average Bonchev–Trinajstić information content (AvgIpc) is 3.22. The lowest BCUT2D eigenvalue weighted by molar-refractivity contribution is -0.136. The van der Waals surface area contributed by atoms with Crippen LogP contribution in [0.1, 0.15) is 59.3 Å². The highest BCUT2D eigenvalue weighted by Gasteiger charge is 2.29. The third-order valence-electron chi connectivity index (χ3n) is 4.85. The van der Waals surface area contributed by atoms with Gasteiger partial charge in [-0.2, -0.15) is 5.10 Å². The second-order valence-electron chi connectivity index (χ2n) is 6.62. The van der Waals surface area contributed by atoms with Gasteiger partial charge in [0.2, 0.25) is 0 Å². The lowest BCUT2D eigenvalue weighted by atomic mass is 9.90. The number of anilines is 1. The van der Waals surface area contributed by atoms with Crippen molar-refractivity contribution in [2.45, 2.75) is 51.4 Å². The molecule has 2 N–H and O–H groups in total. The molecule has 0 atom stereocenters. The number of fused-ring (bicyclic) bond motifs is 1. The molecule has 1 heterocycles. The number of amides is 2. The van der Waals surface area contributed by atoms with Crippen LogP contribution < -0.4 is 10.7 Å². The summed E-state index contributed by atoms with van der Waals surface area (Å²) in [4.78, 5) is 37.2. The highest BCUT2D eigenvalue weighted by Crippen LogP contribution is 2.39. The average molecular weight is 377 g/mol.